The largest absolute Gasteiger partial charge is 0.328 e. The van der Waals surface area contributed by atoms with E-state index in [4.69, 9.17) is 28.2 Å². The first kappa shape index (κ1) is 18.4. The Bertz CT molecular complexity index is 1400. The van der Waals surface area contributed by atoms with Crippen LogP contribution in [-0.4, -0.2) is 14.1 Å². The van der Waals surface area contributed by atoms with Crippen LogP contribution in [0.1, 0.15) is 31.0 Å². The molecule has 1 fully saturated rings. The second-order valence-corrected chi connectivity index (χ2v) is 8.23. The molecule has 2 aromatic carbocycles. The van der Waals surface area contributed by atoms with Crippen LogP contribution >= 0.6 is 23.2 Å². The maximum absolute atomic E-state index is 13.7. The maximum atomic E-state index is 13.7. The van der Waals surface area contributed by atoms with Gasteiger partial charge in [-0.15, -0.1) is 0 Å². The molecule has 2 aromatic heterocycles. The SMILES string of the molecule is Cn1c2ccccc2c(=O)c2c(=O)n(-c3c(Cl)cccc3Cl)c(C3CCC3)nc21. The third-order valence-corrected chi connectivity index (χ3v) is 6.39. The molecule has 5 nitrogen and oxygen atoms in total. The fraction of sp³-hybridized carbons (Fsp3) is 0.227. The average molecular weight is 426 g/mol. The lowest BCUT2D eigenvalue weighted by molar-refractivity contribution is 0.394. The van der Waals surface area contributed by atoms with E-state index >= 15 is 0 Å². The van der Waals surface area contributed by atoms with Gasteiger partial charge in [0.25, 0.3) is 5.56 Å². The zero-order valence-corrected chi connectivity index (χ0v) is 17.2. The summed E-state index contributed by atoms with van der Waals surface area (Å²) >= 11 is 12.9. The number of fused-ring (bicyclic) bond motifs is 2. The minimum Gasteiger partial charge on any atom is -0.328 e. The quantitative estimate of drug-likeness (QED) is 0.432. The highest BCUT2D eigenvalue weighted by Gasteiger charge is 2.29. The van der Waals surface area contributed by atoms with E-state index in [0.717, 1.165) is 24.8 Å². The van der Waals surface area contributed by atoms with Crippen LogP contribution in [-0.2, 0) is 7.05 Å². The molecule has 0 atom stereocenters. The van der Waals surface area contributed by atoms with E-state index < -0.39 is 5.56 Å². The smallest absolute Gasteiger partial charge is 0.271 e. The highest BCUT2D eigenvalue weighted by Crippen LogP contribution is 2.38. The standard InChI is InChI=1S/C22H17Cl2N3O2/c1-26-16-11-3-2-8-13(16)19(28)17-21(26)25-20(12-6-4-7-12)27(22(17)29)18-14(23)9-5-10-15(18)24/h2-3,5,8-12H,4,6-7H2,1H3. The zero-order chi connectivity index (χ0) is 20.3. The van der Waals surface area contributed by atoms with Crippen molar-refractivity contribution in [3.05, 3.63) is 78.9 Å². The van der Waals surface area contributed by atoms with E-state index in [9.17, 15) is 9.59 Å². The molecule has 4 aromatic rings. The third kappa shape index (κ3) is 2.65. The van der Waals surface area contributed by atoms with Gasteiger partial charge in [-0.05, 0) is 37.1 Å². The molecule has 0 N–H and O–H groups in total. The fourth-order valence-corrected chi connectivity index (χ4v) is 4.60. The molecule has 0 saturated heterocycles. The van der Waals surface area contributed by atoms with Gasteiger partial charge in [0.15, 0.2) is 5.65 Å². The molecular weight excluding hydrogens is 409 g/mol. The van der Waals surface area contributed by atoms with Gasteiger partial charge in [0.2, 0.25) is 5.43 Å². The summed E-state index contributed by atoms with van der Waals surface area (Å²) in [6, 6.07) is 12.3. The van der Waals surface area contributed by atoms with Crippen molar-refractivity contribution < 1.29 is 0 Å². The Kier molecular flexibility index (Phi) is 4.26. The van der Waals surface area contributed by atoms with Crippen LogP contribution in [0.3, 0.4) is 0 Å². The van der Waals surface area contributed by atoms with Crippen LogP contribution < -0.4 is 11.0 Å². The lowest BCUT2D eigenvalue weighted by atomic mass is 9.84. The lowest BCUT2D eigenvalue weighted by Crippen LogP contribution is -2.32. The Morgan fingerprint density at radius 3 is 2.34 bits per heavy atom. The summed E-state index contributed by atoms with van der Waals surface area (Å²) in [5.74, 6) is 0.732. The number of benzene rings is 2. The summed E-state index contributed by atoms with van der Waals surface area (Å²) in [7, 11) is 1.83. The van der Waals surface area contributed by atoms with Crippen LogP contribution in [0.25, 0.3) is 27.6 Å². The molecule has 7 heteroatoms. The molecular formula is C22H17Cl2N3O2. The van der Waals surface area contributed by atoms with Crippen molar-refractivity contribution in [2.45, 2.75) is 25.2 Å². The Labute approximate surface area is 176 Å². The van der Waals surface area contributed by atoms with E-state index in [1.807, 2.05) is 23.7 Å². The summed E-state index contributed by atoms with van der Waals surface area (Å²) in [4.78, 5) is 31.8. The van der Waals surface area contributed by atoms with Crippen molar-refractivity contribution in [1.82, 2.24) is 14.1 Å². The molecule has 1 aliphatic rings. The van der Waals surface area contributed by atoms with Crippen molar-refractivity contribution in [2.24, 2.45) is 7.05 Å². The van der Waals surface area contributed by atoms with Gasteiger partial charge in [0.1, 0.15) is 11.2 Å². The van der Waals surface area contributed by atoms with Gasteiger partial charge in [-0.25, -0.2) is 4.98 Å². The monoisotopic (exact) mass is 425 g/mol. The molecule has 0 unspecified atom stereocenters. The van der Waals surface area contributed by atoms with E-state index in [2.05, 4.69) is 0 Å². The number of aromatic nitrogens is 3. The summed E-state index contributed by atoms with van der Waals surface area (Å²) < 4.78 is 3.27. The molecule has 0 amide bonds. The number of hydrogen-bond acceptors (Lipinski definition) is 3. The predicted octanol–water partition coefficient (Wildman–Crippen LogP) is 4.81. The van der Waals surface area contributed by atoms with Gasteiger partial charge in [0.05, 0.1) is 21.2 Å². The van der Waals surface area contributed by atoms with Gasteiger partial charge in [0, 0.05) is 18.4 Å². The predicted molar refractivity (Wildman–Crippen MR) is 117 cm³/mol. The van der Waals surface area contributed by atoms with E-state index in [0.29, 0.717) is 32.6 Å². The van der Waals surface area contributed by atoms with Crippen molar-refractivity contribution in [3.63, 3.8) is 0 Å². The fourth-order valence-electron chi connectivity index (χ4n) is 4.03. The van der Waals surface area contributed by atoms with Crippen LogP contribution in [0.5, 0.6) is 0 Å². The van der Waals surface area contributed by atoms with Gasteiger partial charge in [-0.2, -0.15) is 0 Å². The molecule has 2 heterocycles. The van der Waals surface area contributed by atoms with Crippen LogP contribution in [0, 0.1) is 0 Å². The Morgan fingerprint density at radius 2 is 1.69 bits per heavy atom. The van der Waals surface area contributed by atoms with Crippen LogP contribution in [0.2, 0.25) is 10.0 Å². The Balaban J connectivity index is 2.01. The van der Waals surface area contributed by atoms with E-state index in [-0.39, 0.29) is 16.7 Å². The van der Waals surface area contributed by atoms with Crippen LogP contribution in [0.15, 0.2) is 52.1 Å². The molecule has 1 aliphatic carbocycles. The van der Waals surface area contributed by atoms with E-state index in [1.54, 1.807) is 30.3 Å². The zero-order valence-electron chi connectivity index (χ0n) is 15.7. The first-order valence-electron chi connectivity index (χ1n) is 9.48. The second-order valence-electron chi connectivity index (χ2n) is 7.41. The number of nitrogens with zero attached hydrogens (tertiary/aromatic N) is 3. The second kappa shape index (κ2) is 6.71. The highest BCUT2D eigenvalue weighted by molar-refractivity contribution is 6.37. The topological polar surface area (TPSA) is 56.9 Å². The molecule has 0 spiro atoms. The first-order valence-corrected chi connectivity index (χ1v) is 10.2. The van der Waals surface area contributed by atoms with E-state index in [1.165, 1.54) is 4.57 Å². The number of para-hydroxylation sites is 2. The number of hydrogen-bond donors (Lipinski definition) is 0. The average Bonchev–Trinajstić information content (AvgIpc) is 2.66. The molecule has 0 bridgehead atoms. The Morgan fingerprint density at radius 1 is 1.00 bits per heavy atom. The van der Waals surface area contributed by atoms with Gasteiger partial charge >= 0.3 is 0 Å². The summed E-state index contributed by atoms with van der Waals surface area (Å²) in [5.41, 5.74) is 0.749. The Hall–Kier alpha value is -2.63. The number of rotatable bonds is 2. The number of aryl methyl sites for hydroxylation is 1. The molecule has 1 saturated carbocycles. The van der Waals surface area contributed by atoms with Gasteiger partial charge < -0.3 is 4.57 Å². The van der Waals surface area contributed by atoms with Crippen molar-refractivity contribution in [2.75, 3.05) is 0 Å². The van der Waals surface area contributed by atoms with Crippen molar-refractivity contribution in [3.8, 4) is 5.69 Å². The minimum absolute atomic E-state index is 0.0465. The van der Waals surface area contributed by atoms with Crippen molar-refractivity contribution in [1.29, 1.82) is 0 Å². The summed E-state index contributed by atoms with van der Waals surface area (Å²) in [6.45, 7) is 0. The lowest BCUT2D eigenvalue weighted by Gasteiger charge is -2.28. The summed E-state index contributed by atoms with van der Waals surface area (Å²) in [6.07, 6.45) is 2.94. The molecule has 29 heavy (non-hydrogen) atoms. The summed E-state index contributed by atoms with van der Waals surface area (Å²) in [5, 5.41) is 1.22. The first-order chi connectivity index (χ1) is 14.0. The highest BCUT2D eigenvalue weighted by atomic mass is 35.5. The molecule has 5 rings (SSSR count). The third-order valence-electron chi connectivity index (χ3n) is 5.78. The molecule has 0 radical (unpaired) electrons. The van der Waals surface area contributed by atoms with Crippen molar-refractivity contribution >= 4 is 45.1 Å². The molecule has 0 aliphatic heterocycles. The number of halogens is 2. The van der Waals surface area contributed by atoms with Crippen LogP contribution in [0.4, 0.5) is 0 Å². The minimum atomic E-state index is -0.432. The number of pyridine rings is 1. The van der Waals surface area contributed by atoms with Gasteiger partial charge in [-0.3, -0.25) is 14.2 Å². The molecule has 146 valence electrons. The maximum Gasteiger partial charge on any atom is 0.271 e. The normalized spacial score (nSPS) is 14.4. The van der Waals surface area contributed by atoms with Gasteiger partial charge in [-0.1, -0.05) is 47.8 Å².